The molecule has 3 atom stereocenters. The van der Waals surface area contributed by atoms with E-state index in [2.05, 4.69) is 5.32 Å². The molecule has 0 amide bonds. The van der Waals surface area contributed by atoms with Gasteiger partial charge in [0.25, 0.3) is 0 Å². The summed E-state index contributed by atoms with van der Waals surface area (Å²) in [6.45, 7) is 0. The molecule has 0 spiro atoms. The standard InChI is InChI=1S/C25H25F2NO4/c1-32-25(31)22(14-15-23(30)16-2-6-18(26)7-3-16)24(17-4-12-21(29)13-5-17)28-20-10-8-19(27)9-11-20/h2-13,22-24,28-30H,14-15H2,1H3/t22-,23+,24-/m1/s1. The highest BCUT2D eigenvalue weighted by molar-refractivity contribution is 5.74. The van der Waals surface area contributed by atoms with Gasteiger partial charge in [-0.05, 0) is 72.5 Å². The van der Waals surface area contributed by atoms with Crippen molar-refractivity contribution in [3.05, 3.63) is 95.6 Å². The number of phenolic OH excluding ortho intramolecular Hbond substituents is 1. The summed E-state index contributed by atoms with van der Waals surface area (Å²) in [5.41, 5.74) is 1.85. The number of esters is 1. The van der Waals surface area contributed by atoms with Crippen LogP contribution in [0.2, 0.25) is 0 Å². The largest absolute Gasteiger partial charge is 0.508 e. The van der Waals surface area contributed by atoms with Crippen molar-refractivity contribution in [3.63, 3.8) is 0 Å². The summed E-state index contributed by atoms with van der Waals surface area (Å²) in [7, 11) is 1.29. The molecule has 0 aliphatic heterocycles. The number of aliphatic hydroxyl groups excluding tert-OH is 1. The first-order valence-corrected chi connectivity index (χ1v) is 10.2. The molecule has 3 N–H and O–H groups in total. The van der Waals surface area contributed by atoms with E-state index in [4.69, 9.17) is 4.74 Å². The van der Waals surface area contributed by atoms with E-state index >= 15 is 0 Å². The van der Waals surface area contributed by atoms with E-state index < -0.39 is 29.9 Å². The normalized spacial score (nSPS) is 13.8. The van der Waals surface area contributed by atoms with Crippen LogP contribution in [0.4, 0.5) is 14.5 Å². The molecule has 0 saturated carbocycles. The highest BCUT2D eigenvalue weighted by Crippen LogP contribution is 2.34. The Kier molecular flexibility index (Phi) is 7.78. The number of nitrogens with one attached hydrogen (secondary N) is 1. The topological polar surface area (TPSA) is 78.8 Å². The van der Waals surface area contributed by atoms with Gasteiger partial charge in [-0.3, -0.25) is 4.79 Å². The molecule has 32 heavy (non-hydrogen) atoms. The van der Waals surface area contributed by atoms with Crippen LogP contribution in [0.25, 0.3) is 0 Å². The fourth-order valence-corrected chi connectivity index (χ4v) is 3.58. The monoisotopic (exact) mass is 441 g/mol. The minimum absolute atomic E-state index is 0.0793. The van der Waals surface area contributed by atoms with Gasteiger partial charge in [0.05, 0.1) is 25.2 Å². The zero-order valence-corrected chi connectivity index (χ0v) is 17.5. The third-order valence-corrected chi connectivity index (χ3v) is 5.33. The maximum absolute atomic E-state index is 13.3. The molecule has 0 aliphatic rings. The number of carbonyl (C=O) groups is 1. The highest BCUT2D eigenvalue weighted by atomic mass is 19.1. The second-order valence-electron chi connectivity index (χ2n) is 7.49. The quantitative estimate of drug-likeness (QED) is 0.402. The summed E-state index contributed by atoms with van der Waals surface area (Å²) in [5, 5.41) is 23.5. The van der Waals surface area contributed by atoms with Crippen LogP contribution in [-0.4, -0.2) is 23.3 Å². The molecule has 3 aromatic rings. The van der Waals surface area contributed by atoms with Crippen molar-refractivity contribution in [2.24, 2.45) is 5.92 Å². The zero-order valence-electron chi connectivity index (χ0n) is 17.5. The predicted octanol–water partition coefficient (Wildman–Crippen LogP) is 5.13. The Balaban J connectivity index is 1.87. The smallest absolute Gasteiger partial charge is 0.311 e. The Morgan fingerprint density at radius 1 is 0.875 bits per heavy atom. The molecule has 0 aromatic heterocycles. The Morgan fingerprint density at radius 3 is 1.97 bits per heavy atom. The number of ether oxygens (including phenoxy) is 1. The summed E-state index contributed by atoms with van der Waals surface area (Å²) in [6, 6.07) is 17.1. The summed E-state index contributed by atoms with van der Waals surface area (Å²) in [6.07, 6.45) is -0.412. The maximum Gasteiger partial charge on any atom is 0.311 e. The first kappa shape index (κ1) is 23.2. The predicted molar refractivity (Wildman–Crippen MR) is 117 cm³/mol. The molecule has 0 bridgehead atoms. The number of hydrogen-bond acceptors (Lipinski definition) is 5. The van der Waals surface area contributed by atoms with Gasteiger partial charge in [-0.15, -0.1) is 0 Å². The Hall–Kier alpha value is -3.45. The summed E-state index contributed by atoms with van der Waals surface area (Å²) < 4.78 is 31.6. The Morgan fingerprint density at radius 2 is 1.41 bits per heavy atom. The molecule has 3 rings (SSSR count). The van der Waals surface area contributed by atoms with Gasteiger partial charge in [-0.2, -0.15) is 0 Å². The molecule has 7 heteroatoms. The van der Waals surface area contributed by atoms with E-state index in [1.807, 2.05) is 0 Å². The molecule has 0 aliphatic carbocycles. The van der Waals surface area contributed by atoms with Crippen molar-refractivity contribution in [1.29, 1.82) is 0 Å². The van der Waals surface area contributed by atoms with Gasteiger partial charge in [-0.25, -0.2) is 8.78 Å². The molecule has 3 aromatic carbocycles. The Labute approximate surface area is 185 Å². The van der Waals surface area contributed by atoms with Crippen LogP contribution in [0.3, 0.4) is 0 Å². The van der Waals surface area contributed by atoms with Crippen LogP contribution >= 0.6 is 0 Å². The van der Waals surface area contributed by atoms with Gasteiger partial charge >= 0.3 is 5.97 Å². The summed E-state index contributed by atoms with van der Waals surface area (Å²) in [5.74, 6) is -1.89. The number of anilines is 1. The third kappa shape index (κ3) is 6.04. The van der Waals surface area contributed by atoms with E-state index in [1.165, 1.54) is 55.6 Å². The molecule has 0 fully saturated rings. The first-order chi connectivity index (χ1) is 15.4. The number of phenols is 1. The van der Waals surface area contributed by atoms with Gasteiger partial charge in [0.1, 0.15) is 17.4 Å². The number of hydrogen-bond donors (Lipinski definition) is 3. The van der Waals surface area contributed by atoms with Gasteiger partial charge in [0, 0.05) is 5.69 Å². The lowest BCUT2D eigenvalue weighted by molar-refractivity contribution is -0.146. The average Bonchev–Trinajstić information content (AvgIpc) is 2.80. The van der Waals surface area contributed by atoms with Crippen LogP contribution in [-0.2, 0) is 9.53 Å². The van der Waals surface area contributed by atoms with E-state index in [0.29, 0.717) is 16.8 Å². The van der Waals surface area contributed by atoms with Crippen molar-refractivity contribution >= 4 is 11.7 Å². The van der Waals surface area contributed by atoms with Crippen molar-refractivity contribution in [2.75, 3.05) is 12.4 Å². The lowest BCUT2D eigenvalue weighted by Gasteiger charge is -2.28. The van der Waals surface area contributed by atoms with Crippen molar-refractivity contribution in [2.45, 2.75) is 25.0 Å². The zero-order chi connectivity index (χ0) is 23.1. The van der Waals surface area contributed by atoms with E-state index in [9.17, 15) is 23.8 Å². The van der Waals surface area contributed by atoms with Crippen LogP contribution in [0, 0.1) is 17.6 Å². The van der Waals surface area contributed by atoms with E-state index in [-0.39, 0.29) is 24.4 Å². The highest BCUT2D eigenvalue weighted by Gasteiger charge is 2.31. The van der Waals surface area contributed by atoms with Gasteiger partial charge in [0.2, 0.25) is 0 Å². The summed E-state index contributed by atoms with van der Waals surface area (Å²) >= 11 is 0. The van der Waals surface area contributed by atoms with Crippen molar-refractivity contribution < 1.29 is 28.5 Å². The van der Waals surface area contributed by atoms with E-state index in [0.717, 1.165) is 0 Å². The number of aliphatic hydroxyl groups is 1. The molecule has 0 radical (unpaired) electrons. The second kappa shape index (κ2) is 10.7. The second-order valence-corrected chi connectivity index (χ2v) is 7.49. The molecular weight excluding hydrogens is 416 g/mol. The van der Waals surface area contributed by atoms with Gasteiger partial charge in [0.15, 0.2) is 0 Å². The molecule has 5 nitrogen and oxygen atoms in total. The minimum atomic E-state index is -0.894. The number of halogens is 2. The number of methoxy groups -OCH3 is 1. The molecular formula is C25H25F2NO4. The van der Waals surface area contributed by atoms with Crippen LogP contribution in [0.15, 0.2) is 72.8 Å². The number of rotatable bonds is 9. The first-order valence-electron chi connectivity index (χ1n) is 10.2. The van der Waals surface area contributed by atoms with Gasteiger partial charge in [-0.1, -0.05) is 24.3 Å². The fourth-order valence-electron chi connectivity index (χ4n) is 3.58. The number of benzene rings is 3. The van der Waals surface area contributed by atoms with Crippen molar-refractivity contribution in [1.82, 2.24) is 0 Å². The van der Waals surface area contributed by atoms with Gasteiger partial charge < -0.3 is 20.3 Å². The van der Waals surface area contributed by atoms with E-state index in [1.54, 1.807) is 24.3 Å². The minimum Gasteiger partial charge on any atom is -0.508 e. The SMILES string of the molecule is COC(=O)[C@H](CC[C@H](O)c1ccc(F)cc1)[C@H](Nc1ccc(F)cc1)c1ccc(O)cc1. The lowest BCUT2D eigenvalue weighted by atomic mass is 9.87. The maximum atomic E-state index is 13.3. The molecule has 0 saturated heterocycles. The van der Waals surface area contributed by atoms with Crippen LogP contribution in [0.1, 0.15) is 36.1 Å². The number of carbonyl (C=O) groups excluding carboxylic acids is 1. The third-order valence-electron chi connectivity index (χ3n) is 5.33. The fraction of sp³-hybridized carbons (Fsp3) is 0.240. The van der Waals surface area contributed by atoms with Crippen LogP contribution in [0.5, 0.6) is 5.75 Å². The molecule has 0 unspecified atom stereocenters. The lowest BCUT2D eigenvalue weighted by Crippen LogP contribution is -2.29. The van der Waals surface area contributed by atoms with Crippen LogP contribution < -0.4 is 5.32 Å². The summed E-state index contributed by atoms with van der Waals surface area (Å²) in [4.78, 5) is 12.7. The average molecular weight is 441 g/mol. The van der Waals surface area contributed by atoms with Crippen molar-refractivity contribution in [3.8, 4) is 5.75 Å². The Bertz CT molecular complexity index is 1010. The molecule has 0 heterocycles. The number of aromatic hydroxyl groups is 1. The molecule has 168 valence electrons.